The normalized spacial score (nSPS) is 23.4. The van der Waals surface area contributed by atoms with Crippen molar-refractivity contribution in [2.24, 2.45) is 5.92 Å². The molecule has 1 aliphatic rings. The number of nitrogens with one attached hydrogen (secondary N) is 1. The second kappa shape index (κ2) is 7.06. The molecule has 0 aromatic carbocycles. The molecule has 1 aliphatic heterocycles. The van der Waals surface area contributed by atoms with Gasteiger partial charge in [0, 0.05) is 25.4 Å². The molecule has 2 rings (SSSR count). The third-order valence-corrected chi connectivity index (χ3v) is 3.64. The fraction of sp³-hybridized carbons (Fsp3) is 0.800. The Morgan fingerprint density at radius 1 is 1.42 bits per heavy atom. The Labute approximate surface area is 116 Å². The van der Waals surface area contributed by atoms with Gasteiger partial charge in [0.05, 0.1) is 18.8 Å². The number of imidazole rings is 1. The number of hydrogen-bond acceptors (Lipinski definition) is 3. The van der Waals surface area contributed by atoms with E-state index in [0.29, 0.717) is 18.1 Å². The van der Waals surface area contributed by atoms with E-state index in [1.54, 1.807) is 0 Å². The van der Waals surface area contributed by atoms with Crippen LogP contribution in [0.15, 0.2) is 12.4 Å². The van der Waals surface area contributed by atoms with Crippen molar-refractivity contribution < 1.29 is 4.74 Å². The van der Waals surface area contributed by atoms with Crippen molar-refractivity contribution in [3.63, 3.8) is 0 Å². The molecule has 1 fully saturated rings. The predicted octanol–water partition coefficient (Wildman–Crippen LogP) is 2.24. The molecule has 0 saturated carbocycles. The molecule has 4 heteroatoms. The largest absolute Gasteiger partial charge is 0.372 e. The number of nitrogens with zero attached hydrogens (tertiary/aromatic N) is 2. The van der Waals surface area contributed by atoms with E-state index in [4.69, 9.17) is 4.74 Å². The minimum Gasteiger partial charge on any atom is -0.372 e. The van der Waals surface area contributed by atoms with Gasteiger partial charge in [0.2, 0.25) is 0 Å². The van der Waals surface area contributed by atoms with Crippen molar-refractivity contribution in [2.75, 3.05) is 13.1 Å². The van der Waals surface area contributed by atoms with Crippen molar-refractivity contribution in [1.82, 2.24) is 14.9 Å². The molecule has 2 unspecified atom stereocenters. The molecule has 0 radical (unpaired) electrons. The van der Waals surface area contributed by atoms with Crippen LogP contribution in [0.1, 0.15) is 39.4 Å². The molecule has 4 nitrogen and oxygen atoms in total. The molecule has 2 heterocycles. The minimum atomic E-state index is 0.352. The Bertz CT molecular complexity index is 375. The molecule has 0 spiro atoms. The van der Waals surface area contributed by atoms with Gasteiger partial charge in [0.1, 0.15) is 5.82 Å². The van der Waals surface area contributed by atoms with Crippen LogP contribution in [0.4, 0.5) is 0 Å². The van der Waals surface area contributed by atoms with Crippen LogP contribution in [0.25, 0.3) is 0 Å². The van der Waals surface area contributed by atoms with Crippen LogP contribution in [0.5, 0.6) is 0 Å². The first-order valence-corrected chi connectivity index (χ1v) is 7.55. The Kier molecular flexibility index (Phi) is 5.40. The maximum Gasteiger partial charge on any atom is 0.108 e. The number of aromatic nitrogens is 2. The van der Waals surface area contributed by atoms with Crippen molar-refractivity contribution in [3.8, 4) is 0 Å². The molecular weight excluding hydrogens is 238 g/mol. The van der Waals surface area contributed by atoms with Gasteiger partial charge in [0.25, 0.3) is 0 Å². The van der Waals surface area contributed by atoms with Gasteiger partial charge in [-0.15, -0.1) is 0 Å². The van der Waals surface area contributed by atoms with Crippen LogP contribution in [-0.4, -0.2) is 34.8 Å². The fourth-order valence-electron chi connectivity index (χ4n) is 2.64. The standard InChI is InChI=1S/C15H27N3O/c1-4-15-17-7-8-18(15)11-14-6-5-13(19-14)10-16-9-12(2)3/h7-8,12-14,16H,4-6,9-11H2,1-3H3. The number of rotatable bonds is 7. The van der Waals surface area contributed by atoms with Crippen LogP contribution >= 0.6 is 0 Å². The van der Waals surface area contributed by atoms with Gasteiger partial charge in [-0.25, -0.2) is 4.98 Å². The molecule has 19 heavy (non-hydrogen) atoms. The highest BCUT2D eigenvalue weighted by Gasteiger charge is 2.25. The van der Waals surface area contributed by atoms with Crippen LogP contribution in [-0.2, 0) is 17.7 Å². The van der Waals surface area contributed by atoms with Crippen molar-refractivity contribution in [1.29, 1.82) is 0 Å². The molecular formula is C15H27N3O. The Balaban J connectivity index is 1.73. The second-order valence-electron chi connectivity index (χ2n) is 5.86. The van der Waals surface area contributed by atoms with Gasteiger partial charge in [0.15, 0.2) is 0 Å². The average Bonchev–Trinajstić information content (AvgIpc) is 2.98. The molecule has 1 N–H and O–H groups in total. The van der Waals surface area contributed by atoms with Crippen LogP contribution in [0.2, 0.25) is 0 Å². The van der Waals surface area contributed by atoms with Crippen molar-refractivity contribution >= 4 is 0 Å². The average molecular weight is 265 g/mol. The Morgan fingerprint density at radius 3 is 2.95 bits per heavy atom. The van der Waals surface area contributed by atoms with E-state index >= 15 is 0 Å². The summed E-state index contributed by atoms with van der Waals surface area (Å²) < 4.78 is 8.34. The summed E-state index contributed by atoms with van der Waals surface area (Å²) in [6.07, 6.45) is 8.00. The summed E-state index contributed by atoms with van der Waals surface area (Å²) >= 11 is 0. The smallest absolute Gasteiger partial charge is 0.108 e. The van der Waals surface area contributed by atoms with E-state index in [1.807, 2.05) is 6.20 Å². The van der Waals surface area contributed by atoms with Crippen molar-refractivity contribution in [3.05, 3.63) is 18.2 Å². The second-order valence-corrected chi connectivity index (χ2v) is 5.86. The molecule has 0 amide bonds. The SMILES string of the molecule is CCc1nccn1CC1CCC(CNCC(C)C)O1. The number of aryl methyl sites for hydroxylation is 1. The summed E-state index contributed by atoms with van der Waals surface area (Å²) in [5.74, 6) is 1.86. The highest BCUT2D eigenvalue weighted by Crippen LogP contribution is 2.21. The maximum absolute atomic E-state index is 6.10. The zero-order valence-corrected chi connectivity index (χ0v) is 12.4. The molecule has 1 saturated heterocycles. The first-order valence-electron chi connectivity index (χ1n) is 7.55. The van der Waals surface area contributed by atoms with Gasteiger partial charge in [-0.2, -0.15) is 0 Å². The number of hydrogen-bond donors (Lipinski definition) is 1. The van der Waals surface area contributed by atoms with Crippen molar-refractivity contribution in [2.45, 2.75) is 58.8 Å². The van der Waals surface area contributed by atoms with Crippen LogP contribution in [0.3, 0.4) is 0 Å². The summed E-state index contributed by atoms with van der Waals surface area (Å²) in [5.41, 5.74) is 0. The third kappa shape index (κ3) is 4.32. The first kappa shape index (κ1) is 14.5. The molecule has 0 aliphatic carbocycles. The van der Waals surface area contributed by atoms with E-state index in [2.05, 4.69) is 41.8 Å². The molecule has 1 aromatic heterocycles. The van der Waals surface area contributed by atoms with Gasteiger partial charge >= 0.3 is 0 Å². The van der Waals surface area contributed by atoms with Gasteiger partial charge < -0.3 is 14.6 Å². The maximum atomic E-state index is 6.10. The molecule has 1 aromatic rings. The summed E-state index contributed by atoms with van der Waals surface area (Å²) in [4.78, 5) is 4.36. The lowest BCUT2D eigenvalue weighted by Gasteiger charge is -2.16. The highest BCUT2D eigenvalue weighted by atomic mass is 16.5. The summed E-state index contributed by atoms with van der Waals surface area (Å²) in [5, 5.41) is 3.48. The highest BCUT2D eigenvalue weighted by molar-refractivity contribution is 4.93. The van der Waals surface area contributed by atoms with Gasteiger partial charge in [-0.05, 0) is 25.3 Å². The van der Waals surface area contributed by atoms with Crippen LogP contribution < -0.4 is 5.32 Å². The molecule has 108 valence electrons. The Morgan fingerprint density at radius 2 is 2.21 bits per heavy atom. The lowest BCUT2D eigenvalue weighted by atomic mass is 10.2. The Hall–Kier alpha value is -0.870. The summed E-state index contributed by atoms with van der Waals surface area (Å²) in [6.45, 7) is 9.62. The fourth-order valence-corrected chi connectivity index (χ4v) is 2.64. The van der Waals surface area contributed by atoms with E-state index < -0.39 is 0 Å². The topological polar surface area (TPSA) is 39.1 Å². The first-order chi connectivity index (χ1) is 9.19. The minimum absolute atomic E-state index is 0.352. The lowest BCUT2D eigenvalue weighted by molar-refractivity contribution is 0.0354. The third-order valence-electron chi connectivity index (χ3n) is 3.64. The van der Waals surface area contributed by atoms with E-state index in [9.17, 15) is 0 Å². The summed E-state index contributed by atoms with van der Waals surface area (Å²) in [6, 6.07) is 0. The van der Waals surface area contributed by atoms with Crippen LogP contribution in [0, 0.1) is 5.92 Å². The summed E-state index contributed by atoms with van der Waals surface area (Å²) in [7, 11) is 0. The van der Waals surface area contributed by atoms with E-state index in [1.165, 1.54) is 6.42 Å². The predicted molar refractivity (Wildman–Crippen MR) is 77.2 cm³/mol. The monoisotopic (exact) mass is 265 g/mol. The zero-order chi connectivity index (χ0) is 13.7. The molecule has 2 atom stereocenters. The van der Waals surface area contributed by atoms with E-state index in [0.717, 1.165) is 38.3 Å². The quantitative estimate of drug-likeness (QED) is 0.822. The molecule has 0 bridgehead atoms. The van der Waals surface area contributed by atoms with Gasteiger partial charge in [-0.3, -0.25) is 0 Å². The van der Waals surface area contributed by atoms with Gasteiger partial charge in [-0.1, -0.05) is 20.8 Å². The number of ether oxygens (including phenoxy) is 1. The lowest BCUT2D eigenvalue weighted by Crippen LogP contribution is -2.30. The van der Waals surface area contributed by atoms with E-state index in [-0.39, 0.29) is 0 Å². The zero-order valence-electron chi connectivity index (χ0n) is 12.4.